The third-order valence-corrected chi connectivity index (χ3v) is 2.72. The number of alkyl halides is 3. The van der Waals surface area contributed by atoms with Crippen molar-refractivity contribution in [1.82, 2.24) is 5.32 Å². The molecule has 0 amide bonds. The predicted octanol–water partition coefficient (Wildman–Crippen LogP) is 2.20. The summed E-state index contributed by atoms with van der Waals surface area (Å²) >= 11 is 0. The van der Waals surface area contributed by atoms with Crippen molar-refractivity contribution in [2.24, 2.45) is 0 Å². The molecule has 0 aromatic heterocycles. The zero-order valence-corrected chi connectivity index (χ0v) is 11.9. The minimum Gasteiger partial charge on any atom is -0.493 e. The van der Waals surface area contributed by atoms with Gasteiger partial charge in [0.2, 0.25) is 0 Å². The number of hydrogen-bond acceptors (Lipinski definition) is 4. The van der Waals surface area contributed by atoms with Crippen LogP contribution in [0.4, 0.5) is 13.2 Å². The lowest BCUT2D eigenvalue weighted by Crippen LogP contribution is -2.19. The molecule has 0 aliphatic heterocycles. The van der Waals surface area contributed by atoms with Crippen molar-refractivity contribution in [2.45, 2.75) is 19.1 Å². The van der Waals surface area contributed by atoms with E-state index in [0.717, 1.165) is 6.07 Å². The monoisotopic (exact) mass is 307 g/mol. The van der Waals surface area contributed by atoms with Crippen molar-refractivity contribution >= 4 is 0 Å². The first-order valence-corrected chi connectivity index (χ1v) is 6.62. The zero-order chi connectivity index (χ0) is 15.7. The maximum absolute atomic E-state index is 13.0. The molecule has 0 atom stereocenters. The van der Waals surface area contributed by atoms with Crippen LogP contribution in [0.2, 0.25) is 0 Å². The van der Waals surface area contributed by atoms with Crippen LogP contribution < -0.4 is 10.1 Å². The number of hydrogen-bond donors (Lipinski definition) is 2. The van der Waals surface area contributed by atoms with Gasteiger partial charge in [-0.1, -0.05) is 6.07 Å². The van der Waals surface area contributed by atoms with E-state index in [4.69, 9.17) is 14.6 Å². The van der Waals surface area contributed by atoms with Gasteiger partial charge in [-0.3, -0.25) is 0 Å². The first-order valence-electron chi connectivity index (χ1n) is 6.62. The molecule has 0 spiro atoms. The molecule has 1 rings (SSSR count). The number of aliphatic hydroxyl groups is 1. The normalized spacial score (nSPS) is 11.7. The number of methoxy groups -OCH3 is 1. The molecule has 1 aromatic rings. The third-order valence-electron chi connectivity index (χ3n) is 2.72. The second-order valence-corrected chi connectivity index (χ2v) is 4.42. The highest BCUT2D eigenvalue weighted by Gasteiger charge is 2.34. The molecule has 0 bridgehead atoms. The summed E-state index contributed by atoms with van der Waals surface area (Å²) in [6.45, 7) is 1.30. The fourth-order valence-electron chi connectivity index (χ4n) is 1.69. The second-order valence-electron chi connectivity index (χ2n) is 4.42. The van der Waals surface area contributed by atoms with Gasteiger partial charge in [-0.05, 0) is 17.7 Å². The first kappa shape index (κ1) is 17.7. The number of ether oxygens (including phenoxy) is 2. The molecule has 0 radical (unpaired) electrons. The van der Waals surface area contributed by atoms with Crippen LogP contribution in [0.5, 0.6) is 5.75 Å². The van der Waals surface area contributed by atoms with Gasteiger partial charge in [-0.25, -0.2) is 0 Å². The van der Waals surface area contributed by atoms with Crippen molar-refractivity contribution in [3.63, 3.8) is 0 Å². The van der Waals surface area contributed by atoms with Crippen molar-refractivity contribution < 1.29 is 27.8 Å². The average molecular weight is 307 g/mol. The van der Waals surface area contributed by atoms with Gasteiger partial charge in [0.15, 0.2) is 0 Å². The fourth-order valence-corrected chi connectivity index (χ4v) is 1.69. The van der Waals surface area contributed by atoms with Gasteiger partial charge in [0.05, 0.1) is 18.8 Å². The van der Waals surface area contributed by atoms with Gasteiger partial charge in [-0.15, -0.1) is 0 Å². The summed E-state index contributed by atoms with van der Waals surface area (Å²) in [5.74, 6) is -0.211. The summed E-state index contributed by atoms with van der Waals surface area (Å²) < 4.78 is 49.0. The van der Waals surface area contributed by atoms with E-state index in [1.54, 1.807) is 13.2 Å². The number of rotatable bonds is 9. The molecule has 2 N–H and O–H groups in total. The van der Waals surface area contributed by atoms with Gasteiger partial charge >= 0.3 is 6.18 Å². The molecule has 21 heavy (non-hydrogen) atoms. The lowest BCUT2D eigenvalue weighted by molar-refractivity contribution is -0.139. The number of aliphatic hydroxyl groups excluding tert-OH is 1. The summed E-state index contributed by atoms with van der Waals surface area (Å²) in [5.41, 5.74) is -0.278. The minimum atomic E-state index is -4.48. The van der Waals surface area contributed by atoms with Crippen LogP contribution >= 0.6 is 0 Å². The number of benzene rings is 1. The fraction of sp³-hybridized carbons (Fsp3) is 0.571. The molecule has 0 aliphatic rings. The third kappa shape index (κ3) is 6.33. The Morgan fingerprint density at radius 3 is 2.62 bits per heavy atom. The Bertz CT molecular complexity index is 424. The summed E-state index contributed by atoms with van der Waals surface area (Å²) in [5, 5.41) is 11.6. The number of nitrogens with one attached hydrogen (secondary N) is 1. The lowest BCUT2D eigenvalue weighted by atomic mass is 10.1. The van der Waals surface area contributed by atoms with Crippen molar-refractivity contribution in [1.29, 1.82) is 0 Å². The van der Waals surface area contributed by atoms with Crippen LogP contribution in [0.3, 0.4) is 0 Å². The Hall–Kier alpha value is -1.31. The van der Waals surface area contributed by atoms with Gasteiger partial charge in [0.1, 0.15) is 5.75 Å². The molecule has 7 heteroatoms. The quantitative estimate of drug-likeness (QED) is 0.687. The van der Waals surface area contributed by atoms with Crippen molar-refractivity contribution in [3.8, 4) is 5.75 Å². The van der Waals surface area contributed by atoms with Gasteiger partial charge in [0.25, 0.3) is 0 Å². The van der Waals surface area contributed by atoms with Crippen LogP contribution in [0, 0.1) is 0 Å². The van der Waals surface area contributed by atoms with Crippen LogP contribution in [-0.4, -0.2) is 38.6 Å². The Morgan fingerprint density at radius 1 is 1.24 bits per heavy atom. The Labute approximate surface area is 121 Å². The van der Waals surface area contributed by atoms with E-state index in [1.165, 1.54) is 6.07 Å². The topological polar surface area (TPSA) is 50.7 Å². The minimum absolute atomic E-state index is 0.0466. The van der Waals surface area contributed by atoms with Gasteiger partial charge in [0, 0.05) is 33.2 Å². The van der Waals surface area contributed by atoms with E-state index in [-0.39, 0.29) is 25.4 Å². The molecule has 0 aliphatic carbocycles. The maximum Gasteiger partial charge on any atom is 0.419 e. The Kier molecular flexibility index (Phi) is 7.49. The lowest BCUT2D eigenvalue weighted by Gasteiger charge is -2.15. The van der Waals surface area contributed by atoms with E-state index in [2.05, 4.69) is 5.32 Å². The van der Waals surface area contributed by atoms with Gasteiger partial charge in [-0.2, -0.15) is 13.2 Å². The molecule has 0 heterocycles. The van der Waals surface area contributed by atoms with Crippen LogP contribution in [0.25, 0.3) is 0 Å². The van der Waals surface area contributed by atoms with Crippen LogP contribution in [0.1, 0.15) is 17.5 Å². The van der Waals surface area contributed by atoms with E-state index in [9.17, 15) is 13.2 Å². The molecular formula is C14H20F3NO3. The summed E-state index contributed by atoms with van der Waals surface area (Å²) in [7, 11) is 1.56. The van der Waals surface area contributed by atoms with Crippen LogP contribution in [0.15, 0.2) is 18.2 Å². The molecule has 4 nitrogen and oxygen atoms in total. The highest BCUT2D eigenvalue weighted by Crippen LogP contribution is 2.36. The SMILES string of the molecule is COCCNCc1ccc(OCCCO)c(C(F)(F)F)c1. The average Bonchev–Trinajstić information content (AvgIpc) is 2.44. The molecule has 0 unspecified atom stereocenters. The molecule has 0 fully saturated rings. The largest absolute Gasteiger partial charge is 0.493 e. The first-order chi connectivity index (χ1) is 9.99. The van der Waals surface area contributed by atoms with E-state index >= 15 is 0 Å². The zero-order valence-electron chi connectivity index (χ0n) is 11.9. The van der Waals surface area contributed by atoms with E-state index < -0.39 is 11.7 Å². The second kappa shape index (κ2) is 8.86. The van der Waals surface area contributed by atoms with Gasteiger partial charge < -0.3 is 19.9 Å². The van der Waals surface area contributed by atoms with Crippen LogP contribution in [-0.2, 0) is 17.5 Å². The molecule has 0 saturated heterocycles. The van der Waals surface area contributed by atoms with Crippen molar-refractivity contribution in [3.05, 3.63) is 29.3 Å². The highest BCUT2D eigenvalue weighted by atomic mass is 19.4. The maximum atomic E-state index is 13.0. The Balaban J connectivity index is 2.76. The summed E-state index contributed by atoms with van der Waals surface area (Å²) in [4.78, 5) is 0. The smallest absolute Gasteiger partial charge is 0.419 e. The molecule has 120 valence electrons. The van der Waals surface area contributed by atoms with E-state index in [1.807, 2.05) is 0 Å². The van der Waals surface area contributed by atoms with Crippen molar-refractivity contribution in [2.75, 3.05) is 33.5 Å². The summed E-state index contributed by atoms with van der Waals surface area (Å²) in [6, 6.07) is 3.98. The molecule has 1 aromatic carbocycles. The number of halogens is 3. The van der Waals surface area contributed by atoms with E-state index in [0.29, 0.717) is 25.3 Å². The molecular weight excluding hydrogens is 287 g/mol. The predicted molar refractivity (Wildman–Crippen MR) is 72.2 cm³/mol. The highest BCUT2D eigenvalue weighted by molar-refractivity contribution is 5.39. The Morgan fingerprint density at radius 2 is 2.00 bits per heavy atom. The standard InChI is InChI=1S/C14H20F3NO3/c1-20-8-5-18-10-11-3-4-13(21-7-2-6-19)12(9-11)14(15,16)17/h3-4,9,18-19H,2,5-8,10H2,1H3. The molecule has 0 saturated carbocycles. The summed E-state index contributed by atoms with van der Waals surface area (Å²) in [6.07, 6.45) is -4.19.